The normalized spacial score (nSPS) is 29.8. The smallest absolute Gasteiger partial charge is 0.290 e. The summed E-state index contributed by atoms with van der Waals surface area (Å²) in [5.41, 5.74) is 1.59. The first-order chi connectivity index (χ1) is 15.8. The van der Waals surface area contributed by atoms with Crippen molar-refractivity contribution >= 4 is 17.2 Å². The zero-order valence-corrected chi connectivity index (χ0v) is 19.9. The first kappa shape index (κ1) is 22.9. The molecule has 6 nitrogen and oxygen atoms in total. The second kappa shape index (κ2) is 9.07. The fourth-order valence-corrected chi connectivity index (χ4v) is 7.05. The second-order valence-electron chi connectivity index (χ2n) is 9.89. The zero-order chi connectivity index (χ0) is 23.2. The predicted molar refractivity (Wildman–Crippen MR) is 121 cm³/mol. The van der Waals surface area contributed by atoms with E-state index in [1.165, 1.54) is 21.8 Å². The molecule has 2 fully saturated rings. The molecule has 1 N–H and O–H groups in total. The lowest BCUT2D eigenvalue weighted by Gasteiger charge is -2.49. The molecule has 2 aliphatic heterocycles. The van der Waals surface area contributed by atoms with Crippen LogP contribution >= 0.6 is 11.3 Å². The number of alkyl halides is 2. The van der Waals surface area contributed by atoms with Crippen molar-refractivity contribution in [2.24, 2.45) is 5.92 Å². The molecule has 0 unspecified atom stereocenters. The Morgan fingerprint density at radius 3 is 2.91 bits per heavy atom. The summed E-state index contributed by atoms with van der Waals surface area (Å²) in [4.78, 5) is 16.7. The van der Waals surface area contributed by atoms with Gasteiger partial charge in [-0.05, 0) is 63.5 Å². The van der Waals surface area contributed by atoms with Crippen LogP contribution in [0.15, 0.2) is 16.7 Å². The van der Waals surface area contributed by atoms with E-state index in [-0.39, 0.29) is 29.7 Å². The number of aromatic nitrogens is 1. The second-order valence-corrected chi connectivity index (χ2v) is 11.0. The van der Waals surface area contributed by atoms with Gasteiger partial charge in [0, 0.05) is 47.4 Å². The minimum Gasteiger partial charge on any atom is -0.369 e. The highest BCUT2D eigenvalue weighted by molar-refractivity contribution is 7.12. The predicted octanol–water partition coefficient (Wildman–Crippen LogP) is 4.31. The number of halogens is 2. The number of carbonyl (C=O) groups is 1. The molecule has 1 amide bonds. The Kier molecular flexibility index (Phi) is 6.30. The molecule has 3 aliphatic rings. The Labute approximate surface area is 196 Å². The quantitative estimate of drug-likeness (QED) is 0.669. The zero-order valence-electron chi connectivity index (χ0n) is 19.1. The van der Waals surface area contributed by atoms with Crippen LogP contribution in [-0.2, 0) is 23.2 Å². The molecular weight excluding hydrogens is 448 g/mol. The van der Waals surface area contributed by atoms with Gasteiger partial charge in [-0.2, -0.15) is 0 Å². The molecule has 1 saturated carbocycles. The maximum Gasteiger partial charge on any atom is 0.290 e. The van der Waals surface area contributed by atoms with Crippen molar-refractivity contribution in [1.29, 1.82) is 0 Å². The van der Waals surface area contributed by atoms with E-state index in [0.29, 0.717) is 24.3 Å². The van der Waals surface area contributed by atoms with E-state index in [1.807, 2.05) is 6.07 Å². The average Bonchev–Trinajstić information content (AvgIpc) is 3.34. The van der Waals surface area contributed by atoms with Crippen LogP contribution in [0.1, 0.15) is 64.2 Å². The van der Waals surface area contributed by atoms with Crippen LogP contribution < -0.4 is 5.32 Å². The summed E-state index contributed by atoms with van der Waals surface area (Å²) in [7, 11) is 0. The van der Waals surface area contributed by atoms with Crippen LogP contribution in [-0.4, -0.2) is 54.2 Å². The van der Waals surface area contributed by atoms with Crippen LogP contribution in [0.3, 0.4) is 0 Å². The van der Waals surface area contributed by atoms with Crippen molar-refractivity contribution in [2.75, 3.05) is 19.7 Å². The van der Waals surface area contributed by atoms with Crippen molar-refractivity contribution < 1.29 is 22.8 Å². The minimum atomic E-state index is -2.31. The molecule has 0 bridgehead atoms. The third-order valence-electron chi connectivity index (χ3n) is 7.35. The van der Waals surface area contributed by atoms with Crippen molar-refractivity contribution in [2.45, 2.75) is 76.5 Å². The number of rotatable bonds is 6. The number of nitrogens with one attached hydrogen (secondary N) is 1. The van der Waals surface area contributed by atoms with E-state index >= 15 is 0 Å². The molecule has 5 rings (SSSR count). The van der Waals surface area contributed by atoms with Crippen LogP contribution in [0, 0.1) is 12.8 Å². The summed E-state index contributed by atoms with van der Waals surface area (Å²) in [5.74, 6) is 0.633. The van der Waals surface area contributed by atoms with Crippen molar-refractivity contribution in [3.63, 3.8) is 0 Å². The first-order valence-corrected chi connectivity index (χ1v) is 12.7. The molecule has 1 aliphatic carbocycles. The van der Waals surface area contributed by atoms with Crippen molar-refractivity contribution in [1.82, 2.24) is 15.4 Å². The standard InChI is InChI=1S/C24H31F2N3O3S/c1-14-7-20(32-28-14)23(30)27-18-8-16(9-18)13-29-5-4-24(12-15(29)2)22-17(3-6-31-24)10-19(33-22)11-21(25)26/h7,10,15-16,18,21H,3-6,8-9,11-13H2,1-2H3,(H,27,30)/t15-,16?,18?,24+/m0/s1. The lowest BCUT2D eigenvalue weighted by Crippen LogP contribution is -2.54. The number of amides is 1. The Hall–Kier alpha value is -1.84. The van der Waals surface area contributed by atoms with Crippen molar-refractivity contribution in [3.05, 3.63) is 38.9 Å². The van der Waals surface area contributed by atoms with Gasteiger partial charge in [-0.1, -0.05) is 5.16 Å². The van der Waals surface area contributed by atoms with Gasteiger partial charge in [-0.25, -0.2) is 8.78 Å². The van der Waals surface area contributed by atoms with Crippen LogP contribution in [0.2, 0.25) is 0 Å². The topological polar surface area (TPSA) is 67.6 Å². The number of likely N-dealkylation sites (tertiary alicyclic amines) is 1. The fourth-order valence-electron chi connectivity index (χ4n) is 5.65. The number of aryl methyl sites for hydroxylation is 1. The number of carbonyl (C=O) groups excluding carboxylic acids is 1. The molecule has 9 heteroatoms. The minimum absolute atomic E-state index is 0.162. The number of piperidine rings is 1. The molecule has 1 spiro atoms. The van der Waals surface area contributed by atoms with Gasteiger partial charge in [-0.3, -0.25) is 4.79 Å². The summed E-state index contributed by atoms with van der Waals surface area (Å²) >= 11 is 1.53. The fraction of sp³-hybridized carbons (Fsp3) is 0.667. The van der Waals surface area contributed by atoms with Gasteiger partial charge in [-0.15, -0.1) is 11.3 Å². The average molecular weight is 480 g/mol. The van der Waals surface area contributed by atoms with Gasteiger partial charge >= 0.3 is 0 Å². The number of hydrogen-bond donors (Lipinski definition) is 1. The summed E-state index contributed by atoms with van der Waals surface area (Å²) < 4.78 is 37.2. The van der Waals surface area contributed by atoms with E-state index in [1.54, 1.807) is 13.0 Å². The first-order valence-electron chi connectivity index (χ1n) is 11.8. The Morgan fingerprint density at radius 2 is 2.21 bits per heavy atom. The molecule has 2 atom stereocenters. The number of thiophene rings is 1. The van der Waals surface area contributed by atoms with Crippen molar-refractivity contribution in [3.8, 4) is 0 Å². The summed E-state index contributed by atoms with van der Waals surface area (Å²) in [6, 6.07) is 4.18. The number of ether oxygens (including phenoxy) is 1. The van der Waals surface area contributed by atoms with Gasteiger partial charge in [0.25, 0.3) is 5.91 Å². The van der Waals surface area contributed by atoms with Crippen LogP contribution in [0.5, 0.6) is 0 Å². The molecule has 2 aromatic rings. The van der Waals surface area contributed by atoms with Crippen LogP contribution in [0.4, 0.5) is 8.78 Å². The molecule has 1 saturated heterocycles. The van der Waals surface area contributed by atoms with E-state index in [4.69, 9.17) is 9.26 Å². The highest BCUT2D eigenvalue weighted by Crippen LogP contribution is 2.47. The van der Waals surface area contributed by atoms with Gasteiger partial charge < -0.3 is 19.5 Å². The number of nitrogens with zero attached hydrogens (tertiary/aromatic N) is 2. The van der Waals surface area contributed by atoms with E-state index < -0.39 is 6.43 Å². The summed E-state index contributed by atoms with van der Waals surface area (Å²) in [6.45, 7) is 6.66. The van der Waals surface area contributed by atoms with Gasteiger partial charge in [0.05, 0.1) is 12.3 Å². The summed E-state index contributed by atoms with van der Waals surface area (Å²) in [6.07, 6.45) is 2.08. The van der Waals surface area contributed by atoms with E-state index in [2.05, 4.69) is 22.3 Å². The molecule has 180 valence electrons. The Bertz CT molecular complexity index is 1000. The van der Waals surface area contributed by atoms with E-state index in [9.17, 15) is 13.6 Å². The molecule has 33 heavy (non-hydrogen) atoms. The maximum absolute atomic E-state index is 12.9. The number of fused-ring (bicyclic) bond motifs is 2. The molecule has 0 aromatic carbocycles. The lowest BCUT2D eigenvalue weighted by molar-refractivity contribution is -0.112. The SMILES string of the molecule is Cc1cc(C(=O)NC2CC(CN3CC[C@]4(C[C@@H]3C)OCCc3cc(CC(F)F)sc34)C2)on1. The van der Waals surface area contributed by atoms with E-state index in [0.717, 1.165) is 50.1 Å². The highest BCUT2D eigenvalue weighted by atomic mass is 32.1. The third kappa shape index (κ3) is 4.72. The van der Waals surface area contributed by atoms with Gasteiger partial charge in [0.15, 0.2) is 0 Å². The Morgan fingerprint density at radius 1 is 1.39 bits per heavy atom. The lowest BCUT2D eigenvalue weighted by atomic mass is 9.77. The third-order valence-corrected chi connectivity index (χ3v) is 8.73. The maximum atomic E-state index is 12.9. The largest absolute Gasteiger partial charge is 0.369 e. The number of hydrogen-bond acceptors (Lipinski definition) is 6. The van der Waals surface area contributed by atoms with Crippen LogP contribution in [0.25, 0.3) is 0 Å². The monoisotopic (exact) mass is 479 g/mol. The molecule has 4 heterocycles. The molecule has 0 radical (unpaired) electrons. The molecule has 2 aromatic heterocycles. The van der Waals surface area contributed by atoms with Gasteiger partial charge in [0.2, 0.25) is 12.2 Å². The van der Waals surface area contributed by atoms with Gasteiger partial charge in [0.1, 0.15) is 5.60 Å². The molecular formula is C24H31F2N3O3S. The Balaban J connectivity index is 1.14. The highest BCUT2D eigenvalue weighted by Gasteiger charge is 2.45. The summed E-state index contributed by atoms with van der Waals surface area (Å²) in [5, 5.41) is 6.80.